The first-order chi connectivity index (χ1) is 16.3. The number of hydrogen-bond donors (Lipinski definition) is 2. The molecule has 1 unspecified atom stereocenters. The van der Waals surface area contributed by atoms with Crippen molar-refractivity contribution in [3.63, 3.8) is 0 Å². The van der Waals surface area contributed by atoms with Gasteiger partial charge in [0, 0.05) is 13.0 Å². The number of benzene rings is 2. The van der Waals surface area contributed by atoms with Crippen molar-refractivity contribution in [2.75, 3.05) is 13.2 Å². The maximum absolute atomic E-state index is 13.3. The summed E-state index contributed by atoms with van der Waals surface area (Å²) in [5, 5.41) is 6.52. The monoisotopic (exact) mass is 500 g/mol. The Bertz CT molecular complexity index is 1030. The number of hydrogen-bond acceptors (Lipinski definition) is 3. The van der Waals surface area contributed by atoms with Crippen LogP contribution in [0.25, 0.3) is 0 Å². The lowest BCUT2D eigenvalue weighted by atomic mass is 9.76. The van der Waals surface area contributed by atoms with Gasteiger partial charge in [-0.25, -0.2) is 0 Å². The van der Waals surface area contributed by atoms with Crippen molar-refractivity contribution in [2.45, 2.75) is 62.1 Å². The van der Waals surface area contributed by atoms with Gasteiger partial charge in [-0.15, -0.1) is 0 Å². The summed E-state index contributed by atoms with van der Waals surface area (Å²) in [5.41, 5.74) is -3.11. The van der Waals surface area contributed by atoms with Crippen LogP contribution < -0.4 is 10.6 Å². The summed E-state index contributed by atoms with van der Waals surface area (Å²) in [5.74, 6) is -0.00565. The van der Waals surface area contributed by atoms with Crippen LogP contribution in [0, 0.1) is 0 Å². The van der Waals surface area contributed by atoms with Gasteiger partial charge in [0.15, 0.2) is 0 Å². The molecule has 2 aromatic carbocycles. The van der Waals surface area contributed by atoms with Crippen LogP contribution in [0.1, 0.15) is 61.0 Å². The molecular weight excluding hydrogens is 474 g/mol. The summed E-state index contributed by atoms with van der Waals surface area (Å²) < 4.78 is 85.6. The average Bonchev–Trinajstić information content (AvgIpc) is 3.18. The lowest BCUT2D eigenvalue weighted by Gasteiger charge is -2.46. The van der Waals surface area contributed by atoms with Crippen molar-refractivity contribution in [2.24, 2.45) is 0 Å². The molecule has 2 N–H and O–H groups in total. The molecule has 10 heteroatoms. The highest BCUT2D eigenvalue weighted by atomic mass is 19.4. The van der Waals surface area contributed by atoms with E-state index in [1.54, 1.807) is 0 Å². The lowest BCUT2D eigenvalue weighted by molar-refractivity contribution is -0.143. The molecule has 0 saturated carbocycles. The Balaban J connectivity index is 1.58. The van der Waals surface area contributed by atoms with E-state index in [9.17, 15) is 31.1 Å². The van der Waals surface area contributed by atoms with E-state index in [2.05, 4.69) is 10.6 Å². The molecular formula is C25H26F6N2O2. The Morgan fingerprint density at radius 2 is 1.57 bits per heavy atom. The molecule has 190 valence electrons. The Morgan fingerprint density at radius 3 is 2.06 bits per heavy atom. The highest BCUT2D eigenvalue weighted by Gasteiger charge is 2.47. The Hall–Kier alpha value is -2.59. The fraction of sp³-hybridized carbons (Fsp3) is 0.480. The van der Waals surface area contributed by atoms with Gasteiger partial charge in [-0.2, -0.15) is 26.3 Å². The largest absolute Gasteiger partial charge is 0.416 e. The van der Waals surface area contributed by atoms with E-state index in [1.807, 2.05) is 30.3 Å². The average molecular weight is 500 g/mol. The van der Waals surface area contributed by atoms with Crippen LogP contribution in [0.15, 0.2) is 48.5 Å². The van der Waals surface area contributed by atoms with Gasteiger partial charge in [0.2, 0.25) is 5.91 Å². The van der Waals surface area contributed by atoms with Crippen molar-refractivity contribution in [1.82, 2.24) is 10.6 Å². The number of carbonyl (C=O) groups is 1. The summed E-state index contributed by atoms with van der Waals surface area (Å²) in [6.45, 7) is 1.95. The molecule has 0 aromatic heterocycles. The van der Waals surface area contributed by atoms with E-state index in [0.29, 0.717) is 44.4 Å². The first-order valence-electron chi connectivity index (χ1n) is 11.3. The zero-order chi connectivity index (χ0) is 25.5. The molecule has 2 aliphatic rings. The Labute approximate surface area is 199 Å². The van der Waals surface area contributed by atoms with E-state index in [4.69, 9.17) is 4.74 Å². The SMILES string of the molecule is CC(OC[C@]1(c2ccccc2)CC[C@]2(CCC(=O)N2)CN1)c1cc(C(F)(F)F)cc(C(F)(F)F)c1. The molecule has 1 amide bonds. The molecule has 0 radical (unpaired) electrons. The van der Waals surface area contributed by atoms with Crippen LogP contribution in [0.5, 0.6) is 0 Å². The number of amides is 1. The highest BCUT2D eigenvalue weighted by molar-refractivity contribution is 5.79. The second-order valence-electron chi connectivity index (χ2n) is 9.42. The predicted molar refractivity (Wildman–Crippen MR) is 116 cm³/mol. The zero-order valence-electron chi connectivity index (χ0n) is 19.0. The van der Waals surface area contributed by atoms with E-state index in [0.717, 1.165) is 5.56 Å². The predicted octanol–water partition coefficient (Wildman–Crippen LogP) is 5.73. The number of nitrogens with one attached hydrogen (secondary N) is 2. The third kappa shape index (κ3) is 5.48. The van der Waals surface area contributed by atoms with Crippen LogP contribution in [-0.4, -0.2) is 24.6 Å². The van der Waals surface area contributed by atoms with Crippen LogP contribution in [0.4, 0.5) is 26.3 Å². The van der Waals surface area contributed by atoms with Crippen LogP contribution in [0.2, 0.25) is 0 Å². The first kappa shape index (κ1) is 25.5. The number of carbonyl (C=O) groups excluding carboxylic acids is 1. The number of ether oxygens (including phenoxy) is 1. The summed E-state index contributed by atoms with van der Waals surface area (Å²) >= 11 is 0. The van der Waals surface area contributed by atoms with E-state index in [1.165, 1.54) is 6.92 Å². The number of rotatable bonds is 5. The molecule has 4 nitrogen and oxygen atoms in total. The van der Waals surface area contributed by atoms with Crippen molar-refractivity contribution in [1.29, 1.82) is 0 Å². The molecule has 2 aliphatic heterocycles. The van der Waals surface area contributed by atoms with Gasteiger partial charge in [0.25, 0.3) is 0 Å². The third-order valence-electron chi connectivity index (χ3n) is 7.02. The summed E-state index contributed by atoms with van der Waals surface area (Å²) in [6.07, 6.45) is -8.49. The zero-order valence-corrected chi connectivity index (χ0v) is 19.0. The summed E-state index contributed by atoms with van der Waals surface area (Å²) in [7, 11) is 0. The van der Waals surface area contributed by atoms with Crippen LogP contribution in [-0.2, 0) is 27.4 Å². The van der Waals surface area contributed by atoms with Gasteiger partial charge in [-0.05, 0) is 55.5 Å². The molecule has 2 heterocycles. The van der Waals surface area contributed by atoms with Crippen LogP contribution >= 0.6 is 0 Å². The summed E-state index contributed by atoms with van der Waals surface area (Å²) in [6, 6.07) is 10.9. The molecule has 35 heavy (non-hydrogen) atoms. The number of alkyl halides is 6. The van der Waals surface area contributed by atoms with Gasteiger partial charge >= 0.3 is 12.4 Å². The fourth-order valence-corrected chi connectivity index (χ4v) is 4.85. The van der Waals surface area contributed by atoms with E-state index in [-0.39, 0.29) is 29.7 Å². The topological polar surface area (TPSA) is 50.4 Å². The maximum atomic E-state index is 13.3. The second kappa shape index (κ2) is 9.13. The normalized spacial score (nSPS) is 26.1. The number of halogens is 6. The summed E-state index contributed by atoms with van der Waals surface area (Å²) in [4.78, 5) is 11.8. The molecule has 2 aromatic rings. The van der Waals surface area contributed by atoms with Crippen molar-refractivity contribution in [3.05, 3.63) is 70.8 Å². The highest BCUT2D eigenvalue weighted by Crippen LogP contribution is 2.40. The van der Waals surface area contributed by atoms with Gasteiger partial charge in [0.1, 0.15) is 0 Å². The molecule has 2 fully saturated rings. The minimum atomic E-state index is -4.92. The van der Waals surface area contributed by atoms with Crippen LogP contribution in [0.3, 0.4) is 0 Å². The van der Waals surface area contributed by atoms with Gasteiger partial charge in [-0.3, -0.25) is 4.79 Å². The lowest BCUT2D eigenvalue weighted by Crippen LogP contribution is -2.61. The van der Waals surface area contributed by atoms with Crippen molar-refractivity contribution in [3.8, 4) is 0 Å². The minimum absolute atomic E-state index is 0.00565. The van der Waals surface area contributed by atoms with Crippen molar-refractivity contribution < 1.29 is 35.9 Å². The minimum Gasteiger partial charge on any atom is -0.372 e. The van der Waals surface area contributed by atoms with E-state index < -0.39 is 35.1 Å². The molecule has 2 saturated heterocycles. The molecule has 0 bridgehead atoms. The third-order valence-corrected chi connectivity index (χ3v) is 7.02. The molecule has 3 atom stereocenters. The quantitative estimate of drug-likeness (QED) is 0.516. The number of piperidine rings is 1. The smallest absolute Gasteiger partial charge is 0.372 e. The molecule has 0 aliphatic carbocycles. The maximum Gasteiger partial charge on any atom is 0.416 e. The van der Waals surface area contributed by atoms with Gasteiger partial charge in [-0.1, -0.05) is 30.3 Å². The van der Waals surface area contributed by atoms with Crippen molar-refractivity contribution >= 4 is 5.91 Å². The van der Waals surface area contributed by atoms with Gasteiger partial charge < -0.3 is 15.4 Å². The van der Waals surface area contributed by atoms with E-state index >= 15 is 0 Å². The molecule has 4 rings (SSSR count). The Morgan fingerprint density at radius 1 is 0.943 bits per heavy atom. The molecule has 1 spiro atoms. The fourth-order valence-electron chi connectivity index (χ4n) is 4.85. The second-order valence-corrected chi connectivity index (χ2v) is 9.42. The first-order valence-corrected chi connectivity index (χ1v) is 11.3. The standard InChI is InChI=1S/C25H26F6N2O2/c1-16(17-11-19(24(26,27)28)13-20(12-17)25(29,30)31)35-15-23(18-5-3-2-4-6-18)10-9-22(14-32-23)8-7-21(34)33-22/h2-6,11-13,16,32H,7-10,14-15H2,1H3,(H,33,34)/t16?,22-,23+/m1/s1. The van der Waals surface area contributed by atoms with Gasteiger partial charge in [0.05, 0.1) is 34.9 Å². The Kier molecular flexibility index (Phi) is 6.65.